The van der Waals surface area contributed by atoms with Crippen LogP contribution in [-0.4, -0.2) is 59.3 Å². The van der Waals surface area contributed by atoms with Crippen molar-refractivity contribution in [2.24, 2.45) is 5.92 Å². The van der Waals surface area contributed by atoms with E-state index in [0.29, 0.717) is 50.5 Å². The smallest absolute Gasteiger partial charge is 0.309 e. The molecule has 0 radical (unpaired) electrons. The van der Waals surface area contributed by atoms with Crippen LogP contribution in [0.3, 0.4) is 0 Å². The summed E-state index contributed by atoms with van der Waals surface area (Å²) in [5.74, 6) is 0.529. The highest BCUT2D eigenvalue weighted by atomic mass is 32.2. The second-order valence-electron chi connectivity index (χ2n) is 6.60. The summed E-state index contributed by atoms with van der Waals surface area (Å²) in [7, 11) is -3.19. The van der Waals surface area contributed by atoms with Gasteiger partial charge in [-0.05, 0) is 38.3 Å². The van der Waals surface area contributed by atoms with Gasteiger partial charge in [0.25, 0.3) is 0 Å². The van der Waals surface area contributed by atoms with Crippen LogP contribution in [0.4, 0.5) is 0 Å². The van der Waals surface area contributed by atoms with Crippen LogP contribution in [0.15, 0.2) is 29.0 Å². The van der Waals surface area contributed by atoms with Crippen LogP contribution in [0, 0.1) is 5.92 Å². The van der Waals surface area contributed by atoms with Crippen molar-refractivity contribution in [3.8, 4) is 11.4 Å². The van der Waals surface area contributed by atoms with Crippen molar-refractivity contribution < 1.29 is 22.5 Å². The maximum absolute atomic E-state index is 12.2. The fourth-order valence-electron chi connectivity index (χ4n) is 3.03. The molecule has 0 spiro atoms. The first-order chi connectivity index (χ1) is 13.5. The monoisotopic (exact) mass is 408 g/mol. The van der Waals surface area contributed by atoms with Crippen molar-refractivity contribution in [1.29, 1.82) is 0 Å². The summed E-state index contributed by atoms with van der Waals surface area (Å²) in [6.45, 7) is 2.62. The zero-order chi connectivity index (χ0) is 20.0. The zero-order valence-electron chi connectivity index (χ0n) is 15.8. The number of carbonyl (C=O) groups is 1. The molecule has 0 amide bonds. The van der Waals surface area contributed by atoms with Gasteiger partial charge in [0.2, 0.25) is 21.7 Å². The molecule has 1 fully saturated rings. The van der Waals surface area contributed by atoms with Crippen LogP contribution in [0.1, 0.15) is 32.1 Å². The molecular weight excluding hydrogens is 384 g/mol. The van der Waals surface area contributed by atoms with E-state index < -0.39 is 10.0 Å². The molecule has 0 aromatic carbocycles. The summed E-state index contributed by atoms with van der Waals surface area (Å²) in [5.41, 5.74) is 0.778. The standard InChI is InChI=1S/C18H24N4O5S/c1-2-28(24,25)22-10-7-14(8-11-22)18(23)26-12-4-6-16-20-17(21-27-16)15-5-3-9-19-13-15/h3,5,9,13-14H,2,4,6-8,10-12H2,1H3. The average Bonchev–Trinajstić information content (AvgIpc) is 3.21. The number of rotatable bonds is 8. The second kappa shape index (κ2) is 9.24. The first-order valence-corrected chi connectivity index (χ1v) is 11.0. The Balaban J connectivity index is 1.38. The van der Waals surface area contributed by atoms with Crippen molar-refractivity contribution in [3.05, 3.63) is 30.4 Å². The van der Waals surface area contributed by atoms with E-state index in [2.05, 4.69) is 15.1 Å². The summed E-state index contributed by atoms with van der Waals surface area (Å²) >= 11 is 0. The molecular formula is C18H24N4O5S. The van der Waals surface area contributed by atoms with Gasteiger partial charge in [-0.3, -0.25) is 9.78 Å². The van der Waals surface area contributed by atoms with Crippen LogP contribution >= 0.6 is 0 Å². The normalized spacial score (nSPS) is 16.2. The van der Waals surface area contributed by atoms with Crippen molar-refractivity contribution in [2.45, 2.75) is 32.6 Å². The third kappa shape index (κ3) is 5.14. The number of pyridine rings is 1. The molecule has 0 atom stereocenters. The summed E-state index contributed by atoms with van der Waals surface area (Å²) in [6.07, 6.45) is 5.41. The molecule has 3 heterocycles. The van der Waals surface area contributed by atoms with E-state index in [1.165, 1.54) is 4.31 Å². The van der Waals surface area contributed by atoms with Gasteiger partial charge in [0.05, 0.1) is 18.3 Å². The molecule has 28 heavy (non-hydrogen) atoms. The Bertz CT molecular complexity index is 876. The molecule has 0 saturated carbocycles. The highest BCUT2D eigenvalue weighted by Gasteiger charge is 2.30. The lowest BCUT2D eigenvalue weighted by atomic mass is 9.98. The molecule has 152 valence electrons. The van der Waals surface area contributed by atoms with Gasteiger partial charge >= 0.3 is 5.97 Å². The maximum Gasteiger partial charge on any atom is 0.309 e. The Hall–Kier alpha value is -2.33. The number of hydrogen-bond acceptors (Lipinski definition) is 8. The molecule has 0 aliphatic carbocycles. The summed E-state index contributed by atoms with van der Waals surface area (Å²) < 4.78 is 35.7. The second-order valence-corrected chi connectivity index (χ2v) is 8.86. The van der Waals surface area contributed by atoms with Crippen LogP contribution in [0.2, 0.25) is 0 Å². The Labute approximate surface area is 164 Å². The molecule has 9 nitrogen and oxygen atoms in total. The van der Waals surface area contributed by atoms with Crippen molar-refractivity contribution in [2.75, 3.05) is 25.4 Å². The lowest BCUT2D eigenvalue weighted by Gasteiger charge is -2.29. The third-order valence-corrected chi connectivity index (χ3v) is 6.59. The van der Waals surface area contributed by atoms with Gasteiger partial charge < -0.3 is 9.26 Å². The van der Waals surface area contributed by atoms with Gasteiger partial charge in [0.1, 0.15) is 0 Å². The average molecular weight is 408 g/mol. The molecule has 2 aromatic heterocycles. The predicted octanol–water partition coefficient (Wildman–Crippen LogP) is 1.67. The predicted molar refractivity (Wildman–Crippen MR) is 101 cm³/mol. The molecule has 0 N–H and O–H groups in total. The van der Waals surface area contributed by atoms with Gasteiger partial charge in [-0.1, -0.05) is 5.16 Å². The minimum Gasteiger partial charge on any atom is -0.465 e. The number of hydrogen-bond donors (Lipinski definition) is 0. The number of carbonyl (C=O) groups excluding carboxylic acids is 1. The van der Waals surface area contributed by atoms with Crippen molar-refractivity contribution in [1.82, 2.24) is 19.4 Å². The van der Waals surface area contributed by atoms with E-state index in [9.17, 15) is 13.2 Å². The number of esters is 1. The van der Waals surface area contributed by atoms with Gasteiger partial charge in [-0.15, -0.1) is 0 Å². The Morgan fingerprint density at radius 2 is 2.14 bits per heavy atom. The van der Waals surface area contributed by atoms with Crippen molar-refractivity contribution >= 4 is 16.0 Å². The maximum atomic E-state index is 12.2. The number of ether oxygens (including phenoxy) is 1. The van der Waals surface area contributed by atoms with Gasteiger partial charge in [0.15, 0.2) is 0 Å². The van der Waals surface area contributed by atoms with E-state index in [1.54, 1.807) is 25.4 Å². The Kier molecular flexibility index (Phi) is 6.74. The summed E-state index contributed by atoms with van der Waals surface area (Å²) in [6, 6.07) is 3.65. The van der Waals surface area contributed by atoms with E-state index >= 15 is 0 Å². The highest BCUT2D eigenvalue weighted by Crippen LogP contribution is 2.21. The quantitative estimate of drug-likeness (QED) is 0.478. The summed E-state index contributed by atoms with van der Waals surface area (Å²) in [4.78, 5) is 20.5. The molecule has 3 rings (SSSR count). The van der Waals surface area contributed by atoms with Crippen LogP contribution in [-0.2, 0) is 26.0 Å². The van der Waals surface area contributed by atoms with Crippen LogP contribution in [0.5, 0.6) is 0 Å². The van der Waals surface area contributed by atoms with Gasteiger partial charge in [-0.2, -0.15) is 4.98 Å². The molecule has 1 aliphatic rings. The van der Waals surface area contributed by atoms with Gasteiger partial charge in [0, 0.05) is 37.5 Å². The van der Waals surface area contributed by atoms with Crippen LogP contribution < -0.4 is 0 Å². The molecule has 0 bridgehead atoms. The van der Waals surface area contributed by atoms with Crippen LogP contribution in [0.25, 0.3) is 11.4 Å². The molecule has 1 saturated heterocycles. The van der Waals surface area contributed by atoms with E-state index in [1.807, 2.05) is 6.07 Å². The highest BCUT2D eigenvalue weighted by molar-refractivity contribution is 7.89. The molecule has 0 unspecified atom stereocenters. The molecule has 1 aliphatic heterocycles. The summed E-state index contributed by atoms with van der Waals surface area (Å²) in [5, 5.41) is 3.92. The van der Waals surface area contributed by atoms with Gasteiger partial charge in [-0.25, -0.2) is 12.7 Å². The largest absolute Gasteiger partial charge is 0.465 e. The third-order valence-electron chi connectivity index (χ3n) is 4.71. The van der Waals surface area contributed by atoms with E-state index in [-0.39, 0.29) is 24.2 Å². The number of aryl methyl sites for hydroxylation is 1. The zero-order valence-corrected chi connectivity index (χ0v) is 16.6. The minimum atomic E-state index is -3.19. The number of nitrogens with zero attached hydrogens (tertiary/aromatic N) is 4. The van der Waals surface area contributed by atoms with Crippen molar-refractivity contribution in [3.63, 3.8) is 0 Å². The van der Waals surface area contributed by atoms with E-state index in [0.717, 1.165) is 5.56 Å². The van der Waals surface area contributed by atoms with E-state index in [4.69, 9.17) is 9.26 Å². The Morgan fingerprint density at radius 1 is 1.36 bits per heavy atom. The Morgan fingerprint density at radius 3 is 2.82 bits per heavy atom. The lowest BCUT2D eigenvalue weighted by Crippen LogP contribution is -2.41. The fraction of sp³-hybridized carbons (Fsp3) is 0.556. The molecule has 2 aromatic rings. The lowest BCUT2D eigenvalue weighted by molar-refractivity contribution is -0.149. The topological polar surface area (TPSA) is 115 Å². The number of sulfonamides is 1. The minimum absolute atomic E-state index is 0.0836. The fourth-order valence-corrected chi connectivity index (χ4v) is 4.17. The first-order valence-electron chi connectivity index (χ1n) is 9.37. The number of piperidine rings is 1. The number of aromatic nitrogens is 3. The first kappa shape index (κ1) is 20.4. The SMILES string of the molecule is CCS(=O)(=O)N1CCC(C(=O)OCCCc2nc(-c3cccnc3)no2)CC1. The molecule has 10 heteroatoms.